The minimum Gasteiger partial charge on any atom is -0.344 e. The van der Waals surface area contributed by atoms with Gasteiger partial charge in [0.1, 0.15) is 6.04 Å². The second kappa shape index (κ2) is 6.47. The van der Waals surface area contributed by atoms with Gasteiger partial charge in [0.05, 0.1) is 0 Å². The fraction of sp³-hybridized carbons (Fsp3) is 0.533. The molecule has 6 heteroatoms. The van der Waals surface area contributed by atoms with Crippen molar-refractivity contribution >= 4 is 5.91 Å². The van der Waals surface area contributed by atoms with Gasteiger partial charge in [0.25, 0.3) is 0 Å². The van der Waals surface area contributed by atoms with Gasteiger partial charge in [-0.1, -0.05) is 30.3 Å². The number of rotatable bonds is 4. The standard InChI is InChI=1S/C15H19F3N2O/c1-20-10-12(7-8-14(20)21)19-13(15(16,17)18)9-11-5-3-2-4-6-11/h2-6,12-13,19H,7-10H2,1H3/t12-,13-/m1/s1. The third-order valence-corrected chi connectivity index (χ3v) is 3.74. The fourth-order valence-electron chi connectivity index (χ4n) is 2.55. The van der Waals surface area contributed by atoms with E-state index in [1.165, 1.54) is 4.90 Å². The van der Waals surface area contributed by atoms with E-state index in [2.05, 4.69) is 5.32 Å². The molecule has 2 rings (SSSR count). The summed E-state index contributed by atoms with van der Waals surface area (Å²) in [5.41, 5.74) is 0.646. The predicted molar refractivity (Wildman–Crippen MR) is 73.8 cm³/mol. The monoisotopic (exact) mass is 300 g/mol. The summed E-state index contributed by atoms with van der Waals surface area (Å²) in [4.78, 5) is 12.9. The van der Waals surface area contributed by atoms with E-state index in [0.29, 0.717) is 24.9 Å². The number of amides is 1. The maximum Gasteiger partial charge on any atom is 0.404 e. The van der Waals surface area contributed by atoms with Crippen LogP contribution in [0.25, 0.3) is 0 Å². The van der Waals surface area contributed by atoms with Crippen LogP contribution in [-0.4, -0.2) is 42.7 Å². The van der Waals surface area contributed by atoms with E-state index < -0.39 is 12.2 Å². The van der Waals surface area contributed by atoms with Crippen molar-refractivity contribution in [3.05, 3.63) is 35.9 Å². The number of benzene rings is 1. The zero-order chi connectivity index (χ0) is 15.5. The third kappa shape index (κ3) is 4.46. The van der Waals surface area contributed by atoms with Gasteiger partial charge in [0.2, 0.25) is 5.91 Å². The molecule has 1 aliphatic heterocycles. The van der Waals surface area contributed by atoms with Crippen LogP contribution < -0.4 is 5.32 Å². The zero-order valence-electron chi connectivity index (χ0n) is 11.9. The molecule has 2 atom stereocenters. The minimum absolute atomic E-state index is 0.0142. The quantitative estimate of drug-likeness (QED) is 0.926. The molecule has 0 spiro atoms. The number of carbonyl (C=O) groups excluding carboxylic acids is 1. The number of hydrogen-bond donors (Lipinski definition) is 1. The van der Waals surface area contributed by atoms with E-state index >= 15 is 0 Å². The molecule has 1 aromatic carbocycles. The van der Waals surface area contributed by atoms with Crippen LogP contribution in [0.3, 0.4) is 0 Å². The lowest BCUT2D eigenvalue weighted by Crippen LogP contribution is -2.54. The Kier molecular flexibility index (Phi) is 4.88. The maximum atomic E-state index is 13.2. The van der Waals surface area contributed by atoms with Crippen molar-refractivity contribution in [2.45, 2.75) is 37.5 Å². The highest BCUT2D eigenvalue weighted by Gasteiger charge is 2.41. The molecule has 1 saturated heterocycles. The Morgan fingerprint density at radius 3 is 2.57 bits per heavy atom. The molecule has 1 fully saturated rings. The maximum absolute atomic E-state index is 13.2. The number of carbonyl (C=O) groups is 1. The van der Waals surface area contributed by atoms with Gasteiger partial charge in [0.15, 0.2) is 0 Å². The topological polar surface area (TPSA) is 32.3 Å². The number of nitrogens with one attached hydrogen (secondary N) is 1. The number of likely N-dealkylation sites (tertiary alicyclic amines) is 1. The molecule has 0 radical (unpaired) electrons. The molecule has 0 aliphatic carbocycles. The number of piperidine rings is 1. The highest BCUT2D eigenvalue weighted by atomic mass is 19.4. The van der Waals surface area contributed by atoms with E-state index in [-0.39, 0.29) is 18.4 Å². The lowest BCUT2D eigenvalue weighted by Gasteiger charge is -2.34. The zero-order valence-corrected chi connectivity index (χ0v) is 11.9. The molecule has 0 aromatic heterocycles. The molecule has 1 N–H and O–H groups in total. The molecule has 0 bridgehead atoms. The first-order chi connectivity index (χ1) is 9.86. The Balaban J connectivity index is 2.02. The van der Waals surface area contributed by atoms with Gasteiger partial charge in [-0.3, -0.25) is 4.79 Å². The minimum atomic E-state index is -4.31. The molecule has 3 nitrogen and oxygen atoms in total. The van der Waals surface area contributed by atoms with Crippen molar-refractivity contribution in [3.8, 4) is 0 Å². The van der Waals surface area contributed by atoms with Gasteiger partial charge in [-0.05, 0) is 18.4 Å². The summed E-state index contributed by atoms with van der Waals surface area (Å²) in [6.07, 6.45) is -3.66. The normalized spacial score (nSPS) is 21.4. The highest BCUT2D eigenvalue weighted by Crippen LogP contribution is 2.25. The van der Waals surface area contributed by atoms with Crippen molar-refractivity contribution in [3.63, 3.8) is 0 Å². The number of hydrogen-bond acceptors (Lipinski definition) is 2. The molecule has 0 unspecified atom stereocenters. The lowest BCUT2D eigenvalue weighted by molar-refractivity contribution is -0.158. The Bertz CT molecular complexity index is 476. The molecule has 0 saturated carbocycles. The summed E-state index contributed by atoms with van der Waals surface area (Å²) in [5.74, 6) is -0.0142. The molecule has 116 valence electrons. The number of nitrogens with zero attached hydrogens (tertiary/aromatic N) is 1. The number of likely N-dealkylation sites (N-methyl/N-ethyl adjacent to an activating group) is 1. The van der Waals surface area contributed by atoms with Crippen LogP contribution in [0.4, 0.5) is 13.2 Å². The van der Waals surface area contributed by atoms with Gasteiger partial charge in [-0.25, -0.2) is 0 Å². The predicted octanol–water partition coefficient (Wildman–Crippen LogP) is 2.37. The summed E-state index contributed by atoms with van der Waals surface area (Å²) >= 11 is 0. The summed E-state index contributed by atoms with van der Waals surface area (Å²) < 4.78 is 39.6. The summed E-state index contributed by atoms with van der Waals surface area (Å²) in [6, 6.07) is 6.72. The smallest absolute Gasteiger partial charge is 0.344 e. The van der Waals surface area contributed by atoms with Gasteiger partial charge in [-0.2, -0.15) is 13.2 Å². The Hall–Kier alpha value is -1.56. The van der Waals surface area contributed by atoms with Crippen molar-refractivity contribution < 1.29 is 18.0 Å². The van der Waals surface area contributed by atoms with Crippen LogP contribution in [0, 0.1) is 0 Å². The fourth-order valence-corrected chi connectivity index (χ4v) is 2.55. The molecule has 1 heterocycles. The second-order valence-corrected chi connectivity index (χ2v) is 5.46. The van der Waals surface area contributed by atoms with Crippen LogP contribution in [0.1, 0.15) is 18.4 Å². The highest BCUT2D eigenvalue weighted by molar-refractivity contribution is 5.76. The van der Waals surface area contributed by atoms with Crippen LogP contribution >= 0.6 is 0 Å². The first-order valence-corrected chi connectivity index (χ1v) is 6.97. The van der Waals surface area contributed by atoms with Gasteiger partial charge in [-0.15, -0.1) is 0 Å². The van der Waals surface area contributed by atoms with Crippen molar-refractivity contribution in [2.75, 3.05) is 13.6 Å². The summed E-state index contributed by atoms with van der Waals surface area (Å²) in [6.45, 7) is 0.320. The Morgan fingerprint density at radius 1 is 1.33 bits per heavy atom. The SMILES string of the molecule is CN1C[C@H](N[C@H](Cc2ccccc2)C(F)(F)F)CCC1=O. The third-order valence-electron chi connectivity index (χ3n) is 3.74. The lowest BCUT2D eigenvalue weighted by atomic mass is 10.0. The van der Waals surface area contributed by atoms with Crippen LogP contribution in [-0.2, 0) is 11.2 Å². The first-order valence-electron chi connectivity index (χ1n) is 6.97. The molecule has 1 aromatic rings. The average Bonchev–Trinajstić information content (AvgIpc) is 2.42. The number of halogens is 3. The Labute approximate surface area is 122 Å². The van der Waals surface area contributed by atoms with E-state index in [4.69, 9.17) is 0 Å². The second-order valence-electron chi connectivity index (χ2n) is 5.46. The van der Waals surface area contributed by atoms with Gasteiger partial charge < -0.3 is 10.2 Å². The van der Waals surface area contributed by atoms with Gasteiger partial charge >= 0.3 is 6.18 Å². The van der Waals surface area contributed by atoms with Crippen LogP contribution in [0.15, 0.2) is 30.3 Å². The Morgan fingerprint density at radius 2 is 2.00 bits per heavy atom. The summed E-state index contributed by atoms with van der Waals surface area (Å²) in [5, 5.41) is 2.68. The van der Waals surface area contributed by atoms with Crippen molar-refractivity contribution in [1.82, 2.24) is 10.2 Å². The molecule has 1 amide bonds. The molecule has 1 aliphatic rings. The van der Waals surface area contributed by atoms with Crippen LogP contribution in [0.2, 0.25) is 0 Å². The van der Waals surface area contributed by atoms with Gasteiger partial charge in [0, 0.05) is 26.1 Å². The summed E-state index contributed by atoms with van der Waals surface area (Å²) in [7, 11) is 1.62. The van der Waals surface area contributed by atoms with Crippen molar-refractivity contribution in [2.24, 2.45) is 0 Å². The molecular formula is C15H19F3N2O. The van der Waals surface area contributed by atoms with E-state index in [1.54, 1.807) is 37.4 Å². The van der Waals surface area contributed by atoms with Crippen LogP contribution in [0.5, 0.6) is 0 Å². The van der Waals surface area contributed by atoms with E-state index in [0.717, 1.165) is 0 Å². The number of alkyl halides is 3. The van der Waals surface area contributed by atoms with Crippen molar-refractivity contribution in [1.29, 1.82) is 0 Å². The van der Waals surface area contributed by atoms with E-state index in [9.17, 15) is 18.0 Å². The average molecular weight is 300 g/mol. The first kappa shape index (κ1) is 15.8. The van der Waals surface area contributed by atoms with E-state index in [1.807, 2.05) is 0 Å². The molecular weight excluding hydrogens is 281 g/mol. The largest absolute Gasteiger partial charge is 0.404 e. The molecule has 21 heavy (non-hydrogen) atoms.